The van der Waals surface area contributed by atoms with E-state index in [-0.39, 0.29) is 83.3 Å². The Morgan fingerprint density at radius 3 is 2.37 bits per heavy atom. The fourth-order valence-electron chi connectivity index (χ4n) is 10.7. The summed E-state index contributed by atoms with van der Waals surface area (Å²) in [6.07, 6.45) is 7.81. The molecule has 20 heteroatoms. The minimum atomic E-state index is -4.55. The van der Waals surface area contributed by atoms with E-state index in [4.69, 9.17) is 9.47 Å². The van der Waals surface area contributed by atoms with Crippen molar-refractivity contribution in [2.45, 2.75) is 146 Å². The van der Waals surface area contributed by atoms with Crippen LogP contribution in [0.2, 0.25) is 0 Å². The number of hydrogen-bond donors (Lipinski definition) is 4. The number of halogens is 3. The van der Waals surface area contributed by atoms with Crippen LogP contribution in [0.15, 0.2) is 49.1 Å². The van der Waals surface area contributed by atoms with Gasteiger partial charge in [0.15, 0.2) is 0 Å². The highest BCUT2D eigenvalue weighted by atomic mass is 19.4. The molecule has 2 aromatic heterocycles. The second kappa shape index (κ2) is 24.8. The van der Waals surface area contributed by atoms with Gasteiger partial charge in [0.05, 0.1) is 35.1 Å². The zero-order valence-corrected chi connectivity index (χ0v) is 41.4. The average Bonchev–Trinajstić information content (AvgIpc) is 3.87. The zero-order valence-electron chi connectivity index (χ0n) is 41.4. The van der Waals surface area contributed by atoms with Crippen molar-refractivity contribution in [3.05, 3.63) is 60.2 Å². The number of carbonyl (C=O) groups excluding carboxylic acids is 5. The zero-order chi connectivity index (χ0) is 50.7. The van der Waals surface area contributed by atoms with E-state index in [1.807, 2.05) is 11.0 Å². The quantitative estimate of drug-likeness (QED) is 0.0936. The standard InChI is InChI=1S/C51H71F3N10O7/c1-32(2)62(3)37-16-18-43(64-22-19-41(50(64)69)60-47-38-27-35(51(52,53)54)13-17-40(38)57-31-58-47)42(28-37)61-48(67)33-11-14-36(15-12-33)59-44(65)10-6-23-70-25-8-26-71-24-7-21-56-49(68)39-29-45(66)63(4)46(39)34-9-5-20-55-30-34/h5,9,13,17,20,27,30-33,36-37,39,41-43,46H,6-8,10-12,14-16,18-19,21-26,28-29H2,1-4H3,(H,56,68)(H,59,65)(H,61,67)(H,57,58,60)/t33?,36?,37-,39+,41+,42-,43+,46-/m1/s1. The van der Waals surface area contributed by atoms with Crippen molar-refractivity contribution in [1.82, 2.24) is 45.6 Å². The Morgan fingerprint density at radius 1 is 0.901 bits per heavy atom. The third kappa shape index (κ3) is 13.9. The molecule has 4 N–H and O–H groups in total. The molecule has 0 radical (unpaired) electrons. The lowest BCUT2D eigenvalue weighted by Crippen LogP contribution is -2.59. The van der Waals surface area contributed by atoms with Crippen molar-refractivity contribution < 1.29 is 46.6 Å². The molecule has 4 fully saturated rings. The van der Waals surface area contributed by atoms with Gasteiger partial charge in [-0.15, -0.1) is 0 Å². The summed E-state index contributed by atoms with van der Waals surface area (Å²) in [5, 5.41) is 12.8. The van der Waals surface area contributed by atoms with Crippen LogP contribution in [-0.2, 0) is 39.6 Å². The maximum absolute atomic E-state index is 14.1. The molecule has 3 aromatic rings. The number of ether oxygens (including phenoxy) is 2. The molecular weight excluding hydrogens is 922 g/mol. The van der Waals surface area contributed by atoms with Crippen LogP contribution in [0.25, 0.3) is 10.9 Å². The molecule has 2 saturated heterocycles. The van der Waals surface area contributed by atoms with Gasteiger partial charge in [0.2, 0.25) is 29.5 Å². The van der Waals surface area contributed by atoms with Gasteiger partial charge in [-0.25, -0.2) is 9.97 Å². The van der Waals surface area contributed by atoms with Crippen LogP contribution in [0, 0.1) is 11.8 Å². The molecule has 388 valence electrons. The van der Waals surface area contributed by atoms with Crippen molar-refractivity contribution in [2.24, 2.45) is 11.8 Å². The maximum atomic E-state index is 14.1. The fraction of sp³-hybridized carbons (Fsp3) is 0.647. The number of nitrogens with one attached hydrogen (secondary N) is 4. The average molecular weight is 993 g/mol. The van der Waals surface area contributed by atoms with Crippen molar-refractivity contribution in [3.8, 4) is 0 Å². The van der Waals surface area contributed by atoms with Crippen LogP contribution < -0.4 is 21.3 Å². The number of benzene rings is 1. The Morgan fingerprint density at radius 2 is 1.65 bits per heavy atom. The third-order valence-corrected chi connectivity index (χ3v) is 14.9. The molecule has 2 aliphatic heterocycles. The summed E-state index contributed by atoms with van der Waals surface area (Å²) in [7, 11) is 3.80. The lowest BCUT2D eigenvalue weighted by molar-refractivity contribution is -0.137. The predicted octanol–water partition coefficient (Wildman–Crippen LogP) is 5.41. The van der Waals surface area contributed by atoms with E-state index in [1.54, 1.807) is 30.4 Å². The summed E-state index contributed by atoms with van der Waals surface area (Å²) in [4.78, 5) is 84.4. The lowest BCUT2D eigenvalue weighted by atomic mass is 9.82. The molecule has 4 aliphatic rings. The van der Waals surface area contributed by atoms with Gasteiger partial charge < -0.3 is 45.4 Å². The van der Waals surface area contributed by atoms with E-state index in [1.165, 1.54) is 12.4 Å². The van der Waals surface area contributed by atoms with Gasteiger partial charge in [-0.3, -0.25) is 29.0 Å². The highest BCUT2D eigenvalue weighted by molar-refractivity contribution is 5.93. The first-order chi connectivity index (χ1) is 34.1. The topological polar surface area (TPSA) is 200 Å². The molecule has 7 rings (SSSR count). The molecule has 6 atom stereocenters. The molecule has 0 bridgehead atoms. The minimum absolute atomic E-state index is 0.0134. The van der Waals surface area contributed by atoms with Gasteiger partial charge in [-0.05, 0) is 121 Å². The third-order valence-electron chi connectivity index (χ3n) is 14.9. The normalized spacial score (nSPS) is 25.0. The van der Waals surface area contributed by atoms with Crippen molar-refractivity contribution >= 4 is 46.3 Å². The van der Waals surface area contributed by atoms with Gasteiger partial charge in [-0.1, -0.05) is 6.07 Å². The highest BCUT2D eigenvalue weighted by Gasteiger charge is 2.45. The second-order valence-corrected chi connectivity index (χ2v) is 19.9. The number of aromatic nitrogens is 3. The maximum Gasteiger partial charge on any atom is 0.416 e. The number of amides is 5. The van der Waals surface area contributed by atoms with Gasteiger partial charge in [-0.2, -0.15) is 13.2 Å². The number of alkyl halides is 3. The fourth-order valence-corrected chi connectivity index (χ4v) is 10.7. The summed E-state index contributed by atoms with van der Waals surface area (Å²) < 4.78 is 52.2. The Labute approximate surface area is 414 Å². The molecule has 0 spiro atoms. The summed E-state index contributed by atoms with van der Waals surface area (Å²) in [6.45, 7) is 7.11. The summed E-state index contributed by atoms with van der Waals surface area (Å²) in [5.41, 5.74) is 0.352. The van der Waals surface area contributed by atoms with Crippen LogP contribution in [-0.4, -0.2) is 149 Å². The van der Waals surface area contributed by atoms with E-state index < -0.39 is 23.7 Å². The largest absolute Gasteiger partial charge is 0.416 e. The predicted molar refractivity (Wildman–Crippen MR) is 259 cm³/mol. The summed E-state index contributed by atoms with van der Waals surface area (Å²) >= 11 is 0. The molecule has 2 aliphatic carbocycles. The molecule has 71 heavy (non-hydrogen) atoms. The molecular formula is C51H71F3N10O7. The van der Waals surface area contributed by atoms with Crippen molar-refractivity contribution in [2.75, 3.05) is 58.9 Å². The number of rotatable bonds is 22. The first-order valence-electron chi connectivity index (χ1n) is 25.4. The number of likely N-dealkylation sites (tertiary alicyclic amines) is 2. The minimum Gasteiger partial charge on any atom is -0.381 e. The monoisotopic (exact) mass is 993 g/mol. The van der Waals surface area contributed by atoms with E-state index in [0.29, 0.717) is 122 Å². The van der Waals surface area contributed by atoms with Crippen LogP contribution in [0.3, 0.4) is 0 Å². The first kappa shape index (κ1) is 53.3. The first-order valence-corrected chi connectivity index (χ1v) is 25.4. The van der Waals surface area contributed by atoms with Gasteiger partial charge >= 0.3 is 6.18 Å². The molecule has 2 saturated carbocycles. The van der Waals surface area contributed by atoms with Crippen LogP contribution in [0.1, 0.15) is 114 Å². The van der Waals surface area contributed by atoms with Crippen LogP contribution in [0.4, 0.5) is 19.0 Å². The number of hydrogen-bond acceptors (Lipinski definition) is 12. The number of anilines is 1. The van der Waals surface area contributed by atoms with Gasteiger partial charge in [0, 0.05) is 101 Å². The van der Waals surface area contributed by atoms with Crippen molar-refractivity contribution in [1.29, 1.82) is 0 Å². The van der Waals surface area contributed by atoms with Crippen LogP contribution in [0.5, 0.6) is 0 Å². The lowest BCUT2D eigenvalue weighted by Gasteiger charge is -2.45. The number of pyridine rings is 1. The Kier molecular flexibility index (Phi) is 18.6. The summed E-state index contributed by atoms with van der Waals surface area (Å²) in [6, 6.07) is 5.90. The Bertz CT molecular complexity index is 2280. The van der Waals surface area contributed by atoms with Gasteiger partial charge in [0.1, 0.15) is 18.2 Å². The van der Waals surface area contributed by atoms with E-state index >= 15 is 0 Å². The molecule has 0 unspecified atom stereocenters. The van der Waals surface area contributed by atoms with Gasteiger partial charge in [0.25, 0.3) is 0 Å². The number of nitrogens with zero attached hydrogens (tertiary/aromatic N) is 6. The van der Waals surface area contributed by atoms with E-state index in [0.717, 1.165) is 24.1 Å². The SMILES string of the molecule is CC(C)N(C)[C@@H]1CC[C@H](N2CC[C@H](Nc3ncnc4ccc(C(F)(F)F)cc34)C2=O)[C@H](NC(=O)C2CCC(NC(=O)CCCOCCCOCCCNC(=O)[C@H]3CC(=O)N(C)[C@@H]3c3cccnc3)CC2)C1. The van der Waals surface area contributed by atoms with Crippen LogP contribution >= 0.6 is 0 Å². The van der Waals surface area contributed by atoms with E-state index in [9.17, 15) is 37.1 Å². The molecule has 17 nitrogen and oxygen atoms in total. The number of fused-ring (bicyclic) bond motifs is 1. The molecule has 1 aromatic carbocycles. The Balaban J connectivity index is 0.774. The second-order valence-electron chi connectivity index (χ2n) is 19.9. The molecule has 4 heterocycles. The van der Waals surface area contributed by atoms with E-state index in [2.05, 4.69) is 62.0 Å². The van der Waals surface area contributed by atoms with Crippen molar-refractivity contribution in [3.63, 3.8) is 0 Å². The Hall–Kier alpha value is -5.47. The number of carbonyl (C=O) groups is 5. The smallest absolute Gasteiger partial charge is 0.381 e. The molecule has 5 amide bonds. The highest BCUT2D eigenvalue weighted by Crippen LogP contribution is 2.38. The summed E-state index contributed by atoms with van der Waals surface area (Å²) in [5.74, 6) is -0.983.